The van der Waals surface area contributed by atoms with Crippen LogP contribution in [0.15, 0.2) is 33.6 Å². The Hall–Kier alpha value is -0.390. The van der Waals surface area contributed by atoms with Crippen molar-refractivity contribution < 1.29 is 8.42 Å². The predicted molar refractivity (Wildman–Crippen MR) is 85.7 cm³/mol. The first-order valence-corrected chi connectivity index (χ1v) is 9.61. The summed E-state index contributed by atoms with van der Waals surface area (Å²) in [5, 5.41) is 3.22. The molecule has 2 rings (SSSR count). The highest BCUT2D eigenvalue weighted by Gasteiger charge is 2.32. The molecule has 0 heterocycles. The smallest absolute Gasteiger partial charge is 0.181 e. The second-order valence-electron chi connectivity index (χ2n) is 5.44. The maximum atomic E-state index is 12.7. The fourth-order valence-corrected chi connectivity index (χ4v) is 4.90. The minimum absolute atomic E-state index is 0.244. The Morgan fingerprint density at radius 1 is 1.25 bits per heavy atom. The first-order valence-electron chi connectivity index (χ1n) is 7.27. The van der Waals surface area contributed by atoms with E-state index in [-0.39, 0.29) is 5.25 Å². The van der Waals surface area contributed by atoms with E-state index in [1.54, 1.807) is 24.3 Å². The minimum atomic E-state index is -3.20. The molecule has 0 spiro atoms. The lowest BCUT2D eigenvalue weighted by Crippen LogP contribution is -2.39. The topological polar surface area (TPSA) is 46.2 Å². The highest BCUT2D eigenvalue weighted by Crippen LogP contribution is 2.29. The van der Waals surface area contributed by atoms with Crippen molar-refractivity contribution in [3.8, 4) is 0 Å². The van der Waals surface area contributed by atoms with Crippen molar-refractivity contribution in [2.24, 2.45) is 0 Å². The van der Waals surface area contributed by atoms with E-state index in [9.17, 15) is 8.42 Å². The Labute approximate surface area is 130 Å². The number of benzene rings is 1. The van der Waals surface area contributed by atoms with Crippen molar-refractivity contribution in [3.63, 3.8) is 0 Å². The molecule has 0 radical (unpaired) electrons. The molecule has 0 bridgehead atoms. The molecule has 1 aromatic carbocycles. The molecule has 2 atom stereocenters. The Morgan fingerprint density at radius 3 is 2.60 bits per heavy atom. The van der Waals surface area contributed by atoms with Crippen LogP contribution in [0.25, 0.3) is 0 Å². The number of halogens is 1. The molecule has 5 heteroatoms. The van der Waals surface area contributed by atoms with Crippen molar-refractivity contribution in [2.75, 3.05) is 6.54 Å². The van der Waals surface area contributed by atoms with Crippen molar-refractivity contribution in [3.05, 3.63) is 28.7 Å². The van der Waals surface area contributed by atoms with E-state index < -0.39 is 9.84 Å². The summed E-state index contributed by atoms with van der Waals surface area (Å²) in [6, 6.07) is 7.33. The lowest BCUT2D eigenvalue weighted by atomic mass is 9.95. The van der Waals surface area contributed by atoms with Gasteiger partial charge in [-0.3, -0.25) is 0 Å². The average molecular weight is 360 g/mol. The van der Waals surface area contributed by atoms with E-state index >= 15 is 0 Å². The lowest BCUT2D eigenvalue weighted by Gasteiger charge is -2.29. The molecule has 0 amide bonds. The number of nitrogens with one attached hydrogen (secondary N) is 1. The van der Waals surface area contributed by atoms with Crippen LogP contribution in [0.4, 0.5) is 0 Å². The molecule has 2 unspecified atom stereocenters. The van der Waals surface area contributed by atoms with E-state index in [1.807, 2.05) is 0 Å². The number of hydrogen-bond acceptors (Lipinski definition) is 3. The first-order chi connectivity index (χ1) is 9.54. The second-order valence-corrected chi connectivity index (χ2v) is 8.58. The summed E-state index contributed by atoms with van der Waals surface area (Å²) >= 11 is 3.34. The number of sulfone groups is 1. The van der Waals surface area contributed by atoms with E-state index in [4.69, 9.17) is 0 Å². The van der Waals surface area contributed by atoms with Gasteiger partial charge in [-0.1, -0.05) is 29.3 Å². The molecule has 0 aromatic heterocycles. The molecular formula is C15H22BrNO2S. The van der Waals surface area contributed by atoms with Crippen LogP contribution in [0.3, 0.4) is 0 Å². The van der Waals surface area contributed by atoms with Crippen molar-refractivity contribution >= 4 is 25.8 Å². The maximum Gasteiger partial charge on any atom is 0.181 e. The molecule has 3 nitrogen and oxygen atoms in total. The number of hydrogen-bond donors (Lipinski definition) is 1. The van der Waals surface area contributed by atoms with Gasteiger partial charge in [0.05, 0.1) is 10.1 Å². The molecule has 20 heavy (non-hydrogen) atoms. The van der Waals surface area contributed by atoms with Crippen LogP contribution in [0.2, 0.25) is 0 Å². The Morgan fingerprint density at radius 2 is 1.95 bits per heavy atom. The SMILES string of the molecule is CCCNC1CCCC(S(=O)(=O)c2ccc(Br)cc2)C1. The zero-order valence-electron chi connectivity index (χ0n) is 11.8. The first kappa shape index (κ1) is 16.0. The fraction of sp³-hybridized carbons (Fsp3) is 0.600. The van der Waals surface area contributed by atoms with Gasteiger partial charge < -0.3 is 5.32 Å². The van der Waals surface area contributed by atoms with Gasteiger partial charge in [-0.25, -0.2) is 8.42 Å². The summed E-state index contributed by atoms with van der Waals surface area (Å²) in [5.74, 6) is 0. The Kier molecular flexibility index (Phi) is 5.64. The zero-order valence-corrected chi connectivity index (χ0v) is 14.2. The minimum Gasteiger partial charge on any atom is -0.314 e. The summed E-state index contributed by atoms with van der Waals surface area (Å²) in [4.78, 5) is 0.446. The lowest BCUT2D eigenvalue weighted by molar-refractivity contribution is 0.372. The molecule has 112 valence electrons. The van der Waals surface area contributed by atoms with Crippen LogP contribution in [0.5, 0.6) is 0 Å². The molecule has 1 N–H and O–H groups in total. The summed E-state index contributed by atoms with van der Waals surface area (Å²) in [6.45, 7) is 3.10. The molecule has 1 fully saturated rings. The molecule has 0 aliphatic heterocycles. The van der Waals surface area contributed by atoms with Gasteiger partial charge in [-0.05, 0) is 56.5 Å². The summed E-state index contributed by atoms with van der Waals surface area (Å²) in [5.41, 5.74) is 0. The quantitative estimate of drug-likeness (QED) is 0.874. The molecule has 1 saturated carbocycles. The third kappa shape index (κ3) is 3.83. The van der Waals surface area contributed by atoms with E-state index in [2.05, 4.69) is 28.2 Å². The molecule has 1 aliphatic carbocycles. The van der Waals surface area contributed by atoms with Crippen molar-refractivity contribution in [2.45, 2.75) is 55.2 Å². The third-order valence-electron chi connectivity index (χ3n) is 3.89. The average Bonchev–Trinajstić information content (AvgIpc) is 2.46. The summed E-state index contributed by atoms with van der Waals surface area (Å²) < 4.78 is 26.3. The Bertz CT molecular complexity index is 527. The van der Waals surface area contributed by atoms with Gasteiger partial charge in [0.15, 0.2) is 9.84 Å². The van der Waals surface area contributed by atoms with Crippen LogP contribution < -0.4 is 5.32 Å². The van der Waals surface area contributed by atoms with E-state index in [0.29, 0.717) is 10.9 Å². The zero-order chi connectivity index (χ0) is 14.6. The monoisotopic (exact) mass is 359 g/mol. The van der Waals surface area contributed by atoms with Crippen LogP contribution in [0, 0.1) is 0 Å². The van der Waals surface area contributed by atoms with Gasteiger partial charge in [0.25, 0.3) is 0 Å². The number of rotatable bonds is 5. The standard InChI is InChI=1S/C15H22BrNO2S/c1-2-10-17-13-4-3-5-15(11-13)20(18,19)14-8-6-12(16)7-9-14/h6-9,13,15,17H,2-5,10-11H2,1H3. The maximum absolute atomic E-state index is 12.7. The summed E-state index contributed by atoms with van der Waals surface area (Å²) in [7, 11) is -3.20. The van der Waals surface area contributed by atoms with E-state index in [1.165, 1.54) is 0 Å². The van der Waals surface area contributed by atoms with Crippen LogP contribution in [-0.4, -0.2) is 26.3 Å². The largest absolute Gasteiger partial charge is 0.314 e. The third-order valence-corrected chi connectivity index (χ3v) is 6.65. The van der Waals surface area contributed by atoms with Gasteiger partial charge in [0.2, 0.25) is 0 Å². The molecule has 1 aromatic rings. The highest BCUT2D eigenvalue weighted by molar-refractivity contribution is 9.10. The second kappa shape index (κ2) is 7.05. The van der Waals surface area contributed by atoms with Crippen molar-refractivity contribution in [1.82, 2.24) is 5.32 Å². The van der Waals surface area contributed by atoms with Gasteiger partial charge in [0.1, 0.15) is 0 Å². The van der Waals surface area contributed by atoms with Crippen LogP contribution in [-0.2, 0) is 9.84 Å². The normalized spacial score (nSPS) is 23.7. The van der Waals surface area contributed by atoms with Crippen LogP contribution >= 0.6 is 15.9 Å². The van der Waals surface area contributed by atoms with Crippen LogP contribution in [0.1, 0.15) is 39.0 Å². The highest BCUT2D eigenvalue weighted by atomic mass is 79.9. The van der Waals surface area contributed by atoms with Crippen molar-refractivity contribution in [1.29, 1.82) is 0 Å². The van der Waals surface area contributed by atoms with Gasteiger partial charge in [0, 0.05) is 10.5 Å². The Balaban J connectivity index is 2.10. The molecule has 1 aliphatic rings. The van der Waals surface area contributed by atoms with Gasteiger partial charge in [-0.15, -0.1) is 0 Å². The van der Waals surface area contributed by atoms with Gasteiger partial charge in [-0.2, -0.15) is 0 Å². The predicted octanol–water partition coefficient (Wildman–Crippen LogP) is 3.53. The molecule has 0 saturated heterocycles. The van der Waals surface area contributed by atoms with Gasteiger partial charge >= 0.3 is 0 Å². The molecular weight excluding hydrogens is 338 g/mol. The summed E-state index contributed by atoms with van der Waals surface area (Å²) in [6.07, 6.45) is 4.68. The van der Waals surface area contributed by atoms with E-state index in [0.717, 1.165) is 43.1 Å². The fourth-order valence-electron chi connectivity index (χ4n) is 2.78.